The molecule has 1 aliphatic heterocycles. The van der Waals surface area contributed by atoms with Gasteiger partial charge in [-0.1, -0.05) is 53.4 Å². The van der Waals surface area contributed by atoms with Crippen LogP contribution in [0.1, 0.15) is 76.3 Å². The van der Waals surface area contributed by atoms with Gasteiger partial charge in [-0.15, -0.1) is 11.8 Å². The monoisotopic (exact) mass is 360 g/mol. The van der Waals surface area contributed by atoms with Crippen LogP contribution in [0.4, 0.5) is 0 Å². The van der Waals surface area contributed by atoms with Gasteiger partial charge in [-0.3, -0.25) is 0 Å². The normalized spacial score (nSPS) is 19.1. The zero-order valence-electron chi connectivity index (χ0n) is 15.6. The van der Waals surface area contributed by atoms with E-state index >= 15 is 0 Å². The summed E-state index contributed by atoms with van der Waals surface area (Å²) in [5, 5.41) is 11.4. The summed E-state index contributed by atoms with van der Waals surface area (Å²) in [4.78, 5) is 13.0. The fourth-order valence-electron chi connectivity index (χ4n) is 3.80. The first-order chi connectivity index (χ1) is 11.9. The minimum atomic E-state index is -0.267. The number of rotatable bonds is 6. The lowest BCUT2D eigenvalue weighted by Crippen LogP contribution is -2.08. The van der Waals surface area contributed by atoms with Crippen molar-refractivity contribution in [3.05, 3.63) is 33.7 Å². The van der Waals surface area contributed by atoms with Crippen molar-refractivity contribution in [2.24, 2.45) is 5.92 Å². The smallest absolute Gasteiger partial charge is 0.350 e. The SMILES string of the molecule is CCCCCC(C)C(C)c1cc(O)c2c3c(c(=O)oc2c1)SCC3C. The van der Waals surface area contributed by atoms with E-state index in [1.807, 2.05) is 12.1 Å². The first-order valence-corrected chi connectivity index (χ1v) is 10.4. The van der Waals surface area contributed by atoms with E-state index in [4.69, 9.17) is 4.42 Å². The molecule has 1 aliphatic rings. The van der Waals surface area contributed by atoms with Crippen LogP contribution in [0.25, 0.3) is 11.0 Å². The predicted octanol–water partition coefficient (Wildman–Crippen LogP) is 6.03. The van der Waals surface area contributed by atoms with E-state index in [0.717, 1.165) is 22.3 Å². The van der Waals surface area contributed by atoms with Gasteiger partial charge >= 0.3 is 5.63 Å². The largest absolute Gasteiger partial charge is 0.507 e. The lowest BCUT2D eigenvalue weighted by molar-refractivity contribution is 0.427. The summed E-state index contributed by atoms with van der Waals surface area (Å²) in [7, 11) is 0. The Labute approximate surface area is 153 Å². The Bertz CT molecular complexity index is 824. The average molecular weight is 361 g/mol. The molecule has 136 valence electrons. The Morgan fingerprint density at radius 2 is 2.08 bits per heavy atom. The number of hydrogen-bond acceptors (Lipinski definition) is 4. The summed E-state index contributed by atoms with van der Waals surface area (Å²) in [5.41, 5.74) is 2.28. The molecule has 1 aromatic carbocycles. The van der Waals surface area contributed by atoms with Crippen LogP contribution in [0, 0.1) is 5.92 Å². The fraction of sp³-hybridized carbons (Fsp3) is 0.571. The lowest BCUT2D eigenvalue weighted by Gasteiger charge is -2.21. The number of phenolic OH excluding ortho intramolecular Hbond substituents is 1. The van der Waals surface area contributed by atoms with E-state index in [1.54, 1.807) is 0 Å². The molecule has 1 N–H and O–H groups in total. The molecule has 2 heterocycles. The topological polar surface area (TPSA) is 50.4 Å². The number of benzene rings is 1. The Balaban J connectivity index is 2.00. The van der Waals surface area contributed by atoms with E-state index < -0.39 is 0 Å². The van der Waals surface area contributed by atoms with E-state index in [2.05, 4.69) is 27.7 Å². The van der Waals surface area contributed by atoms with Crippen molar-refractivity contribution < 1.29 is 9.52 Å². The molecule has 25 heavy (non-hydrogen) atoms. The highest BCUT2D eigenvalue weighted by Gasteiger charge is 2.28. The molecular formula is C21H28O3S. The zero-order valence-corrected chi connectivity index (χ0v) is 16.4. The molecule has 0 aliphatic carbocycles. The minimum Gasteiger partial charge on any atom is -0.507 e. The van der Waals surface area contributed by atoms with Gasteiger partial charge < -0.3 is 9.52 Å². The number of unbranched alkanes of at least 4 members (excludes halogenated alkanes) is 2. The maximum Gasteiger partial charge on any atom is 0.350 e. The van der Waals surface area contributed by atoms with Crippen molar-refractivity contribution in [1.82, 2.24) is 0 Å². The molecule has 3 atom stereocenters. The van der Waals surface area contributed by atoms with Crippen LogP contribution in [-0.2, 0) is 0 Å². The van der Waals surface area contributed by atoms with E-state index in [-0.39, 0.29) is 17.3 Å². The van der Waals surface area contributed by atoms with Gasteiger partial charge in [0, 0.05) is 5.75 Å². The summed E-state index contributed by atoms with van der Waals surface area (Å²) < 4.78 is 5.57. The van der Waals surface area contributed by atoms with Gasteiger partial charge in [0.1, 0.15) is 11.3 Å². The average Bonchev–Trinajstić information content (AvgIpc) is 2.96. The maximum atomic E-state index is 12.3. The van der Waals surface area contributed by atoms with E-state index in [0.29, 0.717) is 22.3 Å². The third-order valence-electron chi connectivity index (χ3n) is 5.62. The molecule has 1 aromatic heterocycles. The summed E-state index contributed by atoms with van der Waals surface area (Å²) >= 11 is 1.54. The van der Waals surface area contributed by atoms with Crippen molar-refractivity contribution in [2.45, 2.75) is 70.1 Å². The Hall–Kier alpha value is -1.42. The lowest BCUT2D eigenvalue weighted by atomic mass is 9.84. The Morgan fingerprint density at radius 3 is 2.80 bits per heavy atom. The van der Waals surface area contributed by atoms with Gasteiger partial charge in [0.05, 0.1) is 10.3 Å². The van der Waals surface area contributed by atoms with Gasteiger partial charge in [0.15, 0.2) is 0 Å². The van der Waals surface area contributed by atoms with E-state index in [1.165, 1.54) is 37.4 Å². The summed E-state index contributed by atoms with van der Waals surface area (Å²) in [5.74, 6) is 2.21. The van der Waals surface area contributed by atoms with Crippen LogP contribution < -0.4 is 5.63 Å². The van der Waals surface area contributed by atoms with Gasteiger partial charge in [-0.05, 0) is 41.0 Å². The van der Waals surface area contributed by atoms with Crippen LogP contribution in [0.5, 0.6) is 5.75 Å². The highest BCUT2D eigenvalue weighted by Crippen LogP contribution is 2.45. The number of thioether (sulfide) groups is 1. The van der Waals surface area contributed by atoms with E-state index in [9.17, 15) is 9.90 Å². The second kappa shape index (κ2) is 7.45. The Morgan fingerprint density at radius 1 is 1.32 bits per heavy atom. The molecule has 2 aromatic rings. The first kappa shape index (κ1) is 18.4. The molecule has 0 saturated heterocycles. The summed E-state index contributed by atoms with van der Waals surface area (Å²) in [6, 6.07) is 3.84. The highest BCUT2D eigenvalue weighted by atomic mass is 32.2. The predicted molar refractivity (Wildman–Crippen MR) is 105 cm³/mol. The maximum absolute atomic E-state index is 12.3. The summed E-state index contributed by atoms with van der Waals surface area (Å²) in [6.07, 6.45) is 4.90. The van der Waals surface area contributed by atoms with Crippen LogP contribution in [-0.4, -0.2) is 10.9 Å². The van der Waals surface area contributed by atoms with Crippen molar-refractivity contribution in [3.63, 3.8) is 0 Å². The molecule has 0 spiro atoms. The molecule has 0 fully saturated rings. The molecule has 3 rings (SSSR count). The number of aromatic hydroxyl groups is 1. The molecule has 3 unspecified atom stereocenters. The molecule has 0 bridgehead atoms. The molecule has 3 nitrogen and oxygen atoms in total. The van der Waals surface area contributed by atoms with Crippen LogP contribution in [0.2, 0.25) is 0 Å². The van der Waals surface area contributed by atoms with Gasteiger partial charge in [0.25, 0.3) is 0 Å². The highest BCUT2D eigenvalue weighted by molar-refractivity contribution is 7.99. The second-order valence-electron chi connectivity index (χ2n) is 7.52. The van der Waals surface area contributed by atoms with Crippen LogP contribution in [0.3, 0.4) is 0 Å². The fourth-order valence-corrected chi connectivity index (χ4v) is 5.00. The quantitative estimate of drug-likeness (QED) is 0.505. The van der Waals surface area contributed by atoms with Gasteiger partial charge in [0.2, 0.25) is 0 Å². The van der Waals surface area contributed by atoms with Crippen molar-refractivity contribution in [1.29, 1.82) is 0 Å². The number of hydrogen-bond donors (Lipinski definition) is 1. The van der Waals surface area contributed by atoms with Crippen LogP contribution in [0.15, 0.2) is 26.2 Å². The minimum absolute atomic E-state index is 0.245. The van der Waals surface area contributed by atoms with Crippen molar-refractivity contribution in [3.8, 4) is 5.75 Å². The Kier molecular flexibility index (Phi) is 5.47. The number of phenols is 1. The first-order valence-electron chi connectivity index (χ1n) is 9.40. The molecule has 0 radical (unpaired) electrons. The second-order valence-corrected chi connectivity index (χ2v) is 8.55. The number of fused-ring (bicyclic) bond motifs is 3. The molecular weight excluding hydrogens is 332 g/mol. The summed E-state index contributed by atoms with van der Waals surface area (Å²) in [6.45, 7) is 8.78. The van der Waals surface area contributed by atoms with Gasteiger partial charge in [-0.25, -0.2) is 4.79 Å². The molecule has 0 saturated carbocycles. The van der Waals surface area contributed by atoms with Crippen molar-refractivity contribution in [2.75, 3.05) is 5.75 Å². The van der Waals surface area contributed by atoms with Crippen molar-refractivity contribution >= 4 is 22.7 Å². The molecule has 4 heteroatoms. The zero-order chi connectivity index (χ0) is 18.1. The van der Waals surface area contributed by atoms with Crippen LogP contribution >= 0.6 is 11.8 Å². The molecule has 0 amide bonds. The van der Waals surface area contributed by atoms with Gasteiger partial charge in [-0.2, -0.15) is 0 Å². The third-order valence-corrected chi connectivity index (χ3v) is 6.96. The third kappa shape index (κ3) is 3.46. The standard InChI is InChI=1S/C21H28O3S/c1-5-6-7-8-12(2)14(4)15-9-16(22)19-17(10-15)24-21(23)20-18(19)13(3)11-25-20/h9-10,12-14,22H,5-8,11H2,1-4H3.